The molecule has 4 nitrogen and oxygen atoms in total. The van der Waals surface area contributed by atoms with Gasteiger partial charge in [-0.1, -0.05) is 30.3 Å². The molecule has 1 atom stereocenters. The van der Waals surface area contributed by atoms with Crippen LogP contribution in [0.5, 0.6) is 0 Å². The van der Waals surface area contributed by atoms with E-state index in [4.69, 9.17) is 0 Å². The van der Waals surface area contributed by atoms with Crippen LogP contribution >= 0.6 is 0 Å². The quantitative estimate of drug-likeness (QED) is 0.797. The number of likely N-dealkylation sites (tertiary alicyclic amines) is 2. The summed E-state index contributed by atoms with van der Waals surface area (Å²) >= 11 is 0. The number of benzene rings is 1. The highest BCUT2D eigenvalue weighted by Gasteiger charge is 2.42. The van der Waals surface area contributed by atoms with Crippen molar-refractivity contribution in [2.75, 3.05) is 47.3 Å². The first-order valence-electron chi connectivity index (χ1n) is 8.69. The number of carbonyl (C=O) groups is 1. The van der Waals surface area contributed by atoms with Crippen LogP contribution in [0.2, 0.25) is 0 Å². The van der Waals surface area contributed by atoms with Gasteiger partial charge in [-0.15, -0.1) is 0 Å². The normalized spacial score (nSPS) is 24.7. The lowest BCUT2D eigenvalue weighted by atomic mass is 9.68. The fourth-order valence-electron chi connectivity index (χ4n) is 4.43. The molecule has 0 radical (unpaired) electrons. The van der Waals surface area contributed by atoms with Crippen molar-refractivity contribution in [1.82, 2.24) is 14.7 Å². The summed E-state index contributed by atoms with van der Waals surface area (Å²) in [6.45, 7) is 4.10. The van der Waals surface area contributed by atoms with Gasteiger partial charge in [0.15, 0.2) is 0 Å². The standard InChI is InChI=1S/C19H29N3O/c1-20(2)18(23)22-11-9-19(10-12-22)13-17(14-21(3)15-19)16-7-5-4-6-8-16/h4-8,17H,9-15H2,1-3H3. The highest BCUT2D eigenvalue weighted by Crippen LogP contribution is 2.44. The van der Waals surface area contributed by atoms with Crippen LogP contribution in [-0.4, -0.2) is 68.1 Å². The predicted molar refractivity (Wildman–Crippen MR) is 93.6 cm³/mol. The van der Waals surface area contributed by atoms with Crippen LogP contribution < -0.4 is 0 Å². The summed E-state index contributed by atoms with van der Waals surface area (Å²) in [5.74, 6) is 0.617. The van der Waals surface area contributed by atoms with Crippen molar-refractivity contribution in [3.05, 3.63) is 35.9 Å². The predicted octanol–water partition coefficient (Wildman–Crippen LogP) is 2.87. The van der Waals surface area contributed by atoms with E-state index in [1.807, 2.05) is 19.0 Å². The lowest BCUT2D eigenvalue weighted by molar-refractivity contribution is 0.0308. The number of piperidine rings is 2. The van der Waals surface area contributed by atoms with E-state index in [0.29, 0.717) is 11.3 Å². The average molecular weight is 315 g/mol. The molecule has 1 unspecified atom stereocenters. The number of amides is 2. The summed E-state index contributed by atoms with van der Waals surface area (Å²) in [6, 6.07) is 11.1. The maximum atomic E-state index is 12.2. The molecule has 0 saturated carbocycles. The number of hydrogen-bond donors (Lipinski definition) is 0. The van der Waals surface area contributed by atoms with E-state index < -0.39 is 0 Å². The molecule has 2 amide bonds. The summed E-state index contributed by atoms with van der Waals surface area (Å²) in [5, 5.41) is 0. The Morgan fingerprint density at radius 1 is 1.17 bits per heavy atom. The second-order valence-corrected chi connectivity index (χ2v) is 7.67. The SMILES string of the molecule is CN1CC(c2ccccc2)CC2(CCN(C(=O)N(C)C)CC2)C1. The largest absolute Gasteiger partial charge is 0.331 e. The maximum Gasteiger partial charge on any atom is 0.319 e. The van der Waals surface area contributed by atoms with E-state index in [-0.39, 0.29) is 6.03 Å². The maximum absolute atomic E-state index is 12.2. The zero-order valence-electron chi connectivity index (χ0n) is 14.7. The molecule has 2 fully saturated rings. The van der Waals surface area contributed by atoms with Crippen molar-refractivity contribution in [2.24, 2.45) is 5.41 Å². The van der Waals surface area contributed by atoms with Crippen molar-refractivity contribution in [3.8, 4) is 0 Å². The summed E-state index contributed by atoms with van der Waals surface area (Å²) in [7, 11) is 5.92. The molecular formula is C19H29N3O. The first kappa shape index (κ1) is 16.3. The van der Waals surface area contributed by atoms with Crippen LogP contribution in [0.3, 0.4) is 0 Å². The zero-order valence-corrected chi connectivity index (χ0v) is 14.7. The Bertz CT molecular complexity index is 535. The van der Waals surface area contributed by atoms with Gasteiger partial charge in [0, 0.05) is 40.3 Å². The van der Waals surface area contributed by atoms with Crippen LogP contribution in [0, 0.1) is 5.41 Å². The Hall–Kier alpha value is -1.55. The second-order valence-electron chi connectivity index (χ2n) is 7.67. The number of hydrogen-bond acceptors (Lipinski definition) is 2. The molecule has 1 spiro atoms. The first-order valence-corrected chi connectivity index (χ1v) is 8.69. The molecular weight excluding hydrogens is 286 g/mol. The number of nitrogens with zero attached hydrogens (tertiary/aromatic N) is 3. The average Bonchev–Trinajstić information content (AvgIpc) is 2.55. The van der Waals surface area contributed by atoms with Crippen molar-refractivity contribution in [3.63, 3.8) is 0 Å². The van der Waals surface area contributed by atoms with Gasteiger partial charge >= 0.3 is 6.03 Å². The van der Waals surface area contributed by atoms with Crippen LogP contribution in [-0.2, 0) is 0 Å². The Morgan fingerprint density at radius 3 is 2.43 bits per heavy atom. The van der Waals surface area contributed by atoms with Gasteiger partial charge in [-0.3, -0.25) is 0 Å². The Morgan fingerprint density at radius 2 is 1.83 bits per heavy atom. The van der Waals surface area contributed by atoms with Crippen molar-refractivity contribution < 1.29 is 4.79 Å². The summed E-state index contributed by atoms with van der Waals surface area (Å²) < 4.78 is 0. The summed E-state index contributed by atoms with van der Waals surface area (Å²) in [5.41, 5.74) is 1.83. The van der Waals surface area contributed by atoms with E-state index in [9.17, 15) is 4.79 Å². The van der Waals surface area contributed by atoms with Crippen LogP contribution in [0.15, 0.2) is 30.3 Å². The summed E-state index contributed by atoms with van der Waals surface area (Å²) in [6.07, 6.45) is 3.51. The number of urea groups is 1. The van der Waals surface area contributed by atoms with Crippen molar-refractivity contribution in [2.45, 2.75) is 25.2 Å². The highest BCUT2D eigenvalue weighted by molar-refractivity contribution is 5.73. The number of likely N-dealkylation sites (N-methyl/N-ethyl adjacent to an activating group) is 1. The van der Waals surface area contributed by atoms with Gasteiger partial charge < -0.3 is 14.7 Å². The minimum atomic E-state index is 0.156. The van der Waals surface area contributed by atoms with E-state index in [2.05, 4.69) is 42.3 Å². The van der Waals surface area contributed by atoms with Crippen LogP contribution in [0.25, 0.3) is 0 Å². The molecule has 0 bridgehead atoms. The third-order valence-electron chi connectivity index (χ3n) is 5.56. The molecule has 126 valence electrons. The van der Waals surface area contributed by atoms with E-state index in [1.54, 1.807) is 4.90 Å². The molecule has 0 N–H and O–H groups in total. The fraction of sp³-hybridized carbons (Fsp3) is 0.632. The van der Waals surface area contributed by atoms with Crippen LogP contribution in [0.1, 0.15) is 30.7 Å². The topological polar surface area (TPSA) is 26.8 Å². The molecule has 1 aromatic rings. The second kappa shape index (κ2) is 6.52. The monoisotopic (exact) mass is 315 g/mol. The molecule has 23 heavy (non-hydrogen) atoms. The minimum absolute atomic E-state index is 0.156. The number of carbonyl (C=O) groups excluding carboxylic acids is 1. The third kappa shape index (κ3) is 3.52. The molecule has 0 aliphatic carbocycles. The molecule has 2 aliphatic rings. The lowest BCUT2D eigenvalue weighted by Crippen LogP contribution is -2.52. The van der Waals surface area contributed by atoms with Gasteiger partial charge in [0.1, 0.15) is 0 Å². The van der Waals surface area contributed by atoms with Gasteiger partial charge in [-0.05, 0) is 43.2 Å². The van der Waals surface area contributed by atoms with Gasteiger partial charge in [0.25, 0.3) is 0 Å². The lowest BCUT2D eigenvalue weighted by Gasteiger charge is -2.49. The van der Waals surface area contributed by atoms with Gasteiger partial charge in [-0.2, -0.15) is 0 Å². The Kier molecular flexibility index (Phi) is 4.62. The minimum Gasteiger partial charge on any atom is -0.331 e. The highest BCUT2D eigenvalue weighted by atomic mass is 16.2. The molecule has 2 aliphatic heterocycles. The molecule has 4 heteroatoms. The fourth-order valence-corrected chi connectivity index (χ4v) is 4.43. The van der Waals surface area contributed by atoms with Gasteiger partial charge in [0.2, 0.25) is 0 Å². The first-order chi connectivity index (χ1) is 11.0. The van der Waals surface area contributed by atoms with E-state index >= 15 is 0 Å². The number of rotatable bonds is 1. The Balaban J connectivity index is 1.69. The molecule has 0 aromatic heterocycles. The van der Waals surface area contributed by atoms with Crippen molar-refractivity contribution >= 4 is 6.03 Å². The third-order valence-corrected chi connectivity index (χ3v) is 5.56. The van der Waals surface area contributed by atoms with E-state index in [1.165, 1.54) is 18.5 Å². The molecule has 2 heterocycles. The van der Waals surface area contributed by atoms with Crippen LogP contribution in [0.4, 0.5) is 4.79 Å². The molecule has 2 saturated heterocycles. The zero-order chi connectivity index (χ0) is 16.4. The van der Waals surface area contributed by atoms with E-state index in [0.717, 1.165) is 32.5 Å². The summed E-state index contributed by atoms with van der Waals surface area (Å²) in [4.78, 5) is 18.4. The Labute approximate surface area is 140 Å². The van der Waals surface area contributed by atoms with Crippen molar-refractivity contribution in [1.29, 1.82) is 0 Å². The smallest absolute Gasteiger partial charge is 0.319 e. The van der Waals surface area contributed by atoms with Gasteiger partial charge in [-0.25, -0.2) is 4.79 Å². The molecule has 3 rings (SSSR count). The molecule has 1 aromatic carbocycles. The van der Waals surface area contributed by atoms with Gasteiger partial charge in [0.05, 0.1) is 0 Å².